The highest BCUT2D eigenvalue weighted by atomic mass is 19.1. The fraction of sp³-hybridized carbons (Fsp3) is 0.409. The average molecular weight is 364 g/mol. The molecule has 140 valence electrons. The van der Waals surface area contributed by atoms with Crippen molar-refractivity contribution in [1.29, 1.82) is 5.26 Å². The standard InChI is InChI=1S/C22H25FN4/c1-15(2)9-17-11-20(21(13-24)22(23)12-17)18-6-8-27(16(3)10-18)14-19-5-4-7-25-26-19/h4-7,11-12,15-16H,8-10,14H2,1-3H3/t16-/m0/s1. The highest BCUT2D eigenvalue weighted by molar-refractivity contribution is 5.72. The highest BCUT2D eigenvalue weighted by Gasteiger charge is 2.23. The third kappa shape index (κ3) is 4.58. The summed E-state index contributed by atoms with van der Waals surface area (Å²) in [5.74, 6) is 0.0214. The van der Waals surface area contributed by atoms with Crippen LogP contribution < -0.4 is 0 Å². The first-order valence-corrected chi connectivity index (χ1v) is 9.40. The summed E-state index contributed by atoms with van der Waals surface area (Å²) in [5, 5.41) is 17.6. The van der Waals surface area contributed by atoms with Crippen LogP contribution in [0.3, 0.4) is 0 Å². The van der Waals surface area contributed by atoms with Crippen LogP contribution in [0.5, 0.6) is 0 Å². The molecule has 1 aliphatic heterocycles. The molecule has 0 bridgehead atoms. The number of benzene rings is 1. The second-order valence-corrected chi connectivity index (χ2v) is 7.64. The molecule has 0 radical (unpaired) electrons. The molecule has 27 heavy (non-hydrogen) atoms. The van der Waals surface area contributed by atoms with Gasteiger partial charge in [-0.05, 0) is 66.6 Å². The molecule has 0 aliphatic carbocycles. The maximum atomic E-state index is 14.5. The molecule has 1 aromatic heterocycles. The van der Waals surface area contributed by atoms with E-state index in [9.17, 15) is 9.65 Å². The molecule has 3 rings (SSSR count). The lowest BCUT2D eigenvalue weighted by Gasteiger charge is -2.33. The molecule has 0 amide bonds. The summed E-state index contributed by atoms with van der Waals surface area (Å²) in [5.41, 5.74) is 3.84. The van der Waals surface area contributed by atoms with E-state index in [1.807, 2.05) is 18.2 Å². The predicted molar refractivity (Wildman–Crippen MR) is 104 cm³/mol. The summed E-state index contributed by atoms with van der Waals surface area (Å²) in [6.45, 7) is 7.85. The topological polar surface area (TPSA) is 52.8 Å². The lowest BCUT2D eigenvalue weighted by molar-refractivity contribution is 0.214. The van der Waals surface area contributed by atoms with E-state index in [0.717, 1.165) is 48.3 Å². The van der Waals surface area contributed by atoms with Crippen LogP contribution >= 0.6 is 0 Å². The van der Waals surface area contributed by atoms with Gasteiger partial charge in [0.05, 0.1) is 11.3 Å². The Labute approximate surface area is 160 Å². The minimum atomic E-state index is -0.416. The summed E-state index contributed by atoms with van der Waals surface area (Å²) in [4.78, 5) is 2.31. The van der Waals surface area contributed by atoms with E-state index in [2.05, 4.69) is 48.0 Å². The fourth-order valence-electron chi connectivity index (χ4n) is 3.62. The van der Waals surface area contributed by atoms with E-state index in [1.54, 1.807) is 6.20 Å². The zero-order valence-corrected chi connectivity index (χ0v) is 16.1. The van der Waals surface area contributed by atoms with Crippen molar-refractivity contribution < 1.29 is 4.39 Å². The largest absolute Gasteiger partial charge is 0.291 e. The maximum absolute atomic E-state index is 14.5. The first-order chi connectivity index (χ1) is 13.0. The SMILES string of the molecule is CC(C)Cc1cc(F)c(C#N)c(C2=CCN(Cc3cccnn3)[C@@H](C)C2)c1. The van der Waals surface area contributed by atoms with Gasteiger partial charge in [-0.1, -0.05) is 19.9 Å². The van der Waals surface area contributed by atoms with Crippen molar-refractivity contribution in [3.05, 3.63) is 64.7 Å². The van der Waals surface area contributed by atoms with Crippen molar-refractivity contribution in [2.24, 2.45) is 5.92 Å². The van der Waals surface area contributed by atoms with E-state index < -0.39 is 5.82 Å². The highest BCUT2D eigenvalue weighted by Crippen LogP contribution is 2.31. The first-order valence-electron chi connectivity index (χ1n) is 9.40. The van der Waals surface area contributed by atoms with Crippen molar-refractivity contribution >= 4 is 5.57 Å². The molecular weight excluding hydrogens is 339 g/mol. The zero-order chi connectivity index (χ0) is 19.4. The fourth-order valence-corrected chi connectivity index (χ4v) is 3.62. The summed E-state index contributed by atoms with van der Waals surface area (Å²) in [7, 11) is 0. The Hall–Kier alpha value is -2.58. The summed E-state index contributed by atoms with van der Waals surface area (Å²) in [6.07, 6.45) is 5.37. The second kappa shape index (κ2) is 8.41. The molecular formula is C22H25FN4. The Kier molecular flexibility index (Phi) is 5.98. The predicted octanol–water partition coefficient (Wildman–Crippen LogP) is 4.36. The van der Waals surface area contributed by atoms with Gasteiger partial charge in [0.1, 0.15) is 11.9 Å². The Bertz CT molecular complexity index is 868. The molecule has 1 aliphatic rings. The van der Waals surface area contributed by atoms with Crippen molar-refractivity contribution in [3.63, 3.8) is 0 Å². The third-order valence-corrected chi connectivity index (χ3v) is 4.96. The average Bonchev–Trinajstić information content (AvgIpc) is 2.63. The van der Waals surface area contributed by atoms with Crippen molar-refractivity contribution in [2.45, 2.75) is 46.2 Å². The van der Waals surface area contributed by atoms with E-state index in [1.165, 1.54) is 6.07 Å². The molecule has 0 N–H and O–H groups in total. The van der Waals surface area contributed by atoms with Crippen LogP contribution in [-0.2, 0) is 13.0 Å². The Morgan fingerprint density at radius 1 is 1.37 bits per heavy atom. The molecule has 0 fully saturated rings. The summed E-state index contributed by atoms with van der Waals surface area (Å²) in [6, 6.07) is 9.70. The van der Waals surface area contributed by atoms with Crippen LogP contribution in [0, 0.1) is 23.1 Å². The van der Waals surface area contributed by atoms with Gasteiger partial charge in [-0.3, -0.25) is 4.90 Å². The molecule has 0 spiro atoms. The van der Waals surface area contributed by atoms with Crippen LogP contribution in [0.1, 0.15) is 49.6 Å². The molecule has 0 saturated carbocycles. The third-order valence-electron chi connectivity index (χ3n) is 4.96. The van der Waals surface area contributed by atoms with Gasteiger partial charge in [0.15, 0.2) is 0 Å². The van der Waals surface area contributed by atoms with Gasteiger partial charge >= 0.3 is 0 Å². The van der Waals surface area contributed by atoms with Crippen LogP contribution in [0.2, 0.25) is 0 Å². The van der Waals surface area contributed by atoms with Gasteiger partial charge < -0.3 is 0 Å². The van der Waals surface area contributed by atoms with Crippen LogP contribution in [0.4, 0.5) is 4.39 Å². The summed E-state index contributed by atoms with van der Waals surface area (Å²) >= 11 is 0. The Morgan fingerprint density at radius 2 is 2.19 bits per heavy atom. The number of rotatable bonds is 5. The number of nitrogens with zero attached hydrogens (tertiary/aromatic N) is 4. The Morgan fingerprint density at radius 3 is 2.81 bits per heavy atom. The minimum absolute atomic E-state index is 0.156. The molecule has 5 heteroatoms. The smallest absolute Gasteiger partial charge is 0.141 e. The molecule has 1 aromatic carbocycles. The molecule has 0 unspecified atom stereocenters. The second-order valence-electron chi connectivity index (χ2n) is 7.64. The lowest BCUT2D eigenvalue weighted by Crippen LogP contribution is -2.36. The van der Waals surface area contributed by atoms with E-state index in [-0.39, 0.29) is 11.6 Å². The minimum Gasteiger partial charge on any atom is -0.291 e. The normalized spacial score (nSPS) is 17.6. The van der Waals surface area contributed by atoms with Gasteiger partial charge in [-0.2, -0.15) is 15.5 Å². The molecule has 2 heterocycles. The number of hydrogen-bond donors (Lipinski definition) is 0. The zero-order valence-electron chi connectivity index (χ0n) is 16.1. The van der Waals surface area contributed by atoms with Crippen LogP contribution in [0.15, 0.2) is 36.5 Å². The number of halogens is 1. The quantitative estimate of drug-likeness (QED) is 0.791. The van der Waals surface area contributed by atoms with Crippen molar-refractivity contribution in [1.82, 2.24) is 15.1 Å². The molecule has 4 nitrogen and oxygen atoms in total. The maximum Gasteiger partial charge on any atom is 0.141 e. The van der Waals surface area contributed by atoms with E-state index in [0.29, 0.717) is 5.92 Å². The van der Waals surface area contributed by atoms with Crippen molar-refractivity contribution in [3.8, 4) is 6.07 Å². The van der Waals surface area contributed by atoms with E-state index in [4.69, 9.17) is 0 Å². The summed E-state index contributed by atoms with van der Waals surface area (Å²) < 4.78 is 14.5. The van der Waals surface area contributed by atoms with Gasteiger partial charge in [0.2, 0.25) is 0 Å². The van der Waals surface area contributed by atoms with E-state index >= 15 is 0 Å². The van der Waals surface area contributed by atoms with Gasteiger partial charge in [-0.15, -0.1) is 0 Å². The van der Waals surface area contributed by atoms with Crippen molar-refractivity contribution in [2.75, 3.05) is 6.54 Å². The van der Waals surface area contributed by atoms with Crippen LogP contribution in [0.25, 0.3) is 5.57 Å². The lowest BCUT2D eigenvalue weighted by atomic mass is 9.89. The van der Waals surface area contributed by atoms with Gasteiger partial charge in [0.25, 0.3) is 0 Å². The monoisotopic (exact) mass is 364 g/mol. The molecule has 2 aromatic rings. The first kappa shape index (κ1) is 19.2. The number of nitriles is 1. The van der Waals surface area contributed by atoms with Gasteiger partial charge in [0, 0.05) is 25.3 Å². The number of hydrogen-bond acceptors (Lipinski definition) is 4. The van der Waals surface area contributed by atoms with Gasteiger partial charge in [-0.25, -0.2) is 4.39 Å². The Balaban J connectivity index is 1.86. The molecule has 0 saturated heterocycles. The number of aromatic nitrogens is 2. The van der Waals surface area contributed by atoms with Crippen LogP contribution in [-0.4, -0.2) is 27.7 Å². The molecule has 1 atom stereocenters.